The van der Waals surface area contributed by atoms with Crippen molar-refractivity contribution in [2.24, 2.45) is 0 Å². The summed E-state index contributed by atoms with van der Waals surface area (Å²) in [6, 6.07) is 8.61. The molecular formula is C15H19Cl2N3. The first-order valence-corrected chi connectivity index (χ1v) is 7.09. The van der Waals surface area contributed by atoms with Gasteiger partial charge in [0.1, 0.15) is 0 Å². The lowest BCUT2D eigenvalue weighted by Crippen LogP contribution is -2.48. The summed E-state index contributed by atoms with van der Waals surface area (Å²) in [5, 5.41) is 5.29. The van der Waals surface area contributed by atoms with Gasteiger partial charge in [-0.15, -0.1) is 12.4 Å². The lowest BCUT2D eigenvalue weighted by atomic mass is 10.1. The number of halogens is 2. The Morgan fingerprint density at radius 1 is 1.40 bits per heavy atom. The number of fused-ring (bicyclic) bond motifs is 1. The van der Waals surface area contributed by atoms with Gasteiger partial charge in [0, 0.05) is 48.8 Å². The molecule has 1 saturated heterocycles. The smallest absolute Gasteiger partial charge is 0.0761 e. The van der Waals surface area contributed by atoms with Crippen LogP contribution in [0.5, 0.6) is 0 Å². The molecule has 5 heteroatoms. The molecule has 0 aliphatic carbocycles. The first kappa shape index (κ1) is 15.5. The number of rotatable bonds is 2. The van der Waals surface area contributed by atoms with Crippen LogP contribution in [0.15, 0.2) is 30.5 Å². The Balaban J connectivity index is 0.00000147. The molecule has 1 unspecified atom stereocenters. The van der Waals surface area contributed by atoms with E-state index in [1.807, 2.05) is 24.4 Å². The highest BCUT2D eigenvalue weighted by atomic mass is 35.5. The van der Waals surface area contributed by atoms with Crippen molar-refractivity contribution in [3.8, 4) is 0 Å². The fourth-order valence-electron chi connectivity index (χ4n) is 2.72. The maximum atomic E-state index is 6.23. The van der Waals surface area contributed by atoms with Crippen LogP contribution in [0.1, 0.15) is 12.5 Å². The minimum absolute atomic E-state index is 0. The quantitative estimate of drug-likeness (QED) is 0.923. The molecule has 3 rings (SSSR count). The average molecular weight is 312 g/mol. The van der Waals surface area contributed by atoms with E-state index in [1.165, 1.54) is 5.56 Å². The Morgan fingerprint density at radius 3 is 3.05 bits per heavy atom. The van der Waals surface area contributed by atoms with Crippen molar-refractivity contribution in [3.63, 3.8) is 0 Å². The van der Waals surface area contributed by atoms with Crippen molar-refractivity contribution in [3.05, 3.63) is 41.0 Å². The Kier molecular flexibility index (Phi) is 5.22. The van der Waals surface area contributed by atoms with Crippen LogP contribution in [0.2, 0.25) is 5.02 Å². The van der Waals surface area contributed by atoms with Gasteiger partial charge >= 0.3 is 0 Å². The SMILES string of the molecule is CC1CN(Cc2ccc(Cl)c3cccnc23)CCN1.Cl. The van der Waals surface area contributed by atoms with E-state index in [-0.39, 0.29) is 12.4 Å². The first-order chi connectivity index (χ1) is 9.24. The molecule has 0 bridgehead atoms. The van der Waals surface area contributed by atoms with Crippen LogP contribution in [0.25, 0.3) is 10.9 Å². The number of nitrogens with one attached hydrogen (secondary N) is 1. The second-order valence-electron chi connectivity index (χ2n) is 5.20. The van der Waals surface area contributed by atoms with Crippen LogP contribution in [-0.2, 0) is 6.54 Å². The third kappa shape index (κ3) is 3.23. The fourth-order valence-corrected chi connectivity index (χ4v) is 2.94. The predicted octanol–water partition coefficient (Wildman–Crippen LogP) is 3.10. The molecule has 0 radical (unpaired) electrons. The van der Waals surface area contributed by atoms with E-state index in [9.17, 15) is 0 Å². The van der Waals surface area contributed by atoms with E-state index >= 15 is 0 Å². The number of aromatic nitrogens is 1. The summed E-state index contributed by atoms with van der Waals surface area (Å²) in [5.41, 5.74) is 2.29. The van der Waals surface area contributed by atoms with Gasteiger partial charge in [0.15, 0.2) is 0 Å². The summed E-state index contributed by atoms with van der Waals surface area (Å²) >= 11 is 6.23. The number of benzene rings is 1. The van der Waals surface area contributed by atoms with E-state index in [1.54, 1.807) is 0 Å². The van der Waals surface area contributed by atoms with Gasteiger partial charge < -0.3 is 5.32 Å². The van der Waals surface area contributed by atoms with Gasteiger partial charge in [-0.2, -0.15) is 0 Å². The number of hydrogen-bond donors (Lipinski definition) is 1. The summed E-state index contributed by atoms with van der Waals surface area (Å²) in [6.45, 7) is 6.39. The molecule has 0 amide bonds. The summed E-state index contributed by atoms with van der Waals surface area (Å²) in [6.07, 6.45) is 1.84. The van der Waals surface area contributed by atoms with Crippen LogP contribution >= 0.6 is 24.0 Å². The predicted molar refractivity (Wildman–Crippen MR) is 86.7 cm³/mol. The summed E-state index contributed by atoms with van der Waals surface area (Å²) < 4.78 is 0. The van der Waals surface area contributed by atoms with Gasteiger partial charge in [-0.3, -0.25) is 9.88 Å². The maximum absolute atomic E-state index is 6.23. The zero-order valence-electron chi connectivity index (χ0n) is 11.5. The minimum Gasteiger partial charge on any atom is -0.312 e. The molecule has 1 aromatic carbocycles. The van der Waals surface area contributed by atoms with E-state index in [0.717, 1.165) is 42.1 Å². The van der Waals surface area contributed by atoms with Crippen molar-refractivity contribution in [2.75, 3.05) is 19.6 Å². The number of pyridine rings is 1. The van der Waals surface area contributed by atoms with Crippen molar-refractivity contribution in [2.45, 2.75) is 19.5 Å². The van der Waals surface area contributed by atoms with Gasteiger partial charge in [-0.05, 0) is 30.7 Å². The van der Waals surface area contributed by atoms with Crippen LogP contribution in [-0.4, -0.2) is 35.6 Å². The van der Waals surface area contributed by atoms with Crippen molar-refractivity contribution in [1.29, 1.82) is 0 Å². The molecule has 2 aromatic rings. The van der Waals surface area contributed by atoms with Gasteiger partial charge in [0.2, 0.25) is 0 Å². The van der Waals surface area contributed by atoms with E-state index in [0.29, 0.717) is 6.04 Å². The van der Waals surface area contributed by atoms with Gasteiger partial charge in [-0.1, -0.05) is 17.7 Å². The topological polar surface area (TPSA) is 28.2 Å². The standard InChI is InChI=1S/C15H18ClN3.ClH/c1-11-9-19(8-7-17-11)10-12-4-5-14(16)13-3-2-6-18-15(12)13;/h2-6,11,17H,7-10H2,1H3;1H. The zero-order valence-corrected chi connectivity index (χ0v) is 13.0. The summed E-state index contributed by atoms with van der Waals surface area (Å²) in [7, 11) is 0. The van der Waals surface area contributed by atoms with Gasteiger partial charge in [-0.25, -0.2) is 0 Å². The van der Waals surface area contributed by atoms with Crippen LogP contribution < -0.4 is 5.32 Å². The number of nitrogens with zero attached hydrogens (tertiary/aromatic N) is 2. The number of hydrogen-bond acceptors (Lipinski definition) is 3. The molecule has 1 aromatic heterocycles. The molecule has 108 valence electrons. The van der Waals surface area contributed by atoms with E-state index in [4.69, 9.17) is 11.6 Å². The van der Waals surface area contributed by atoms with E-state index < -0.39 is 0 Å². The third-order valence-corrected chi connectivity index (χ3v) is 3.98. The Labute approximate surface area is 130 Å². The minimum atomic E-state index is 0. The normalized spacial score (nSPS) is 19.8. The molecule has 1 fully saturated rings. The Hall–Kier alpha value is -0.870. The average Bonchev–Trinajstić information content (AvgIpc) is 2.42. The Bertz CT molecular complexity index is 588. The van der Waals surface area contributed by atoms with Crippen LogP contribution in [0.4, 0.5) is 0 Å². The first-order valence-electron chi connectivity index (χ1n) is 6.72. The summed E-state index contributed by atoms with van der Waals surface area (Å²) in [4.78, 5) is 6.97. The van der Waals surface area contributed by atoms with Gasteiger partial charge in [0.25, 0.3) is 0 Å². The molecule has 3 nitrogen and oxygen atoms in total. The highest BCUT2D eigenvalue weighted by molar-refractivity contribution is 6.35. The molecule has 1 aliphatic rings. The van der Waals surface area contributed by atoms with Crippen LogP contribution in [0, 0.1) is 0 Å². The van der Waals surface area contributed by atoms with Crippen LogP contribution in [0.3, 0.4) is 0 Å². The lowest BCUT2D eigenvalue weighted by molar-refractivity contribution is 0.200. The fraction of sp³-hybridized carbons (Fsp3) is 0.400. The van der Waals surface area contributed by atoms with Crippen molar-refractivity contribution < 1.29 is 0 Å². The molecule has 1 atom stereocenters. The van der Waals surface area contributed by atoms with Crippen molar-refractivity contribution in [1.82, 2.24) is 15.2 Å². The van der Waals surface area contributed by atoms with E-state index in [2.05, 4.69) is 28.2 Å². The highest BCUT2D eigenvalue weighted by Gasteiger charge is 2.17. The maximum Gasteiger partial charge on any atom is 0.0761 e. The second-order valence-corrected chi connectivity index (χ2v) is 5.60. The monoisotopic (exact) mass is 311 g/mol. The Morgan fingerprint density at radius 2 is 2.25 bits per heavy atom. The third-order valence-electron chi connectivity index (χ3n) is 3.65. The highest BCUT2D eigenvalue weighted by Crippen LogP contribution is 2.25. The molecule has 1 aliphatic heterocycles. The molecule has 20 heavy (non-hydrogen) atoms. The largest absolute Gasteiger partial charge is 0.312 e. The number of piperazine rings is 1. The molecular weight excluding hydrogens is 293 g/mol. The second kappa shape index (κ2) is 6.72. The molecule has 0 spiro atoms. The lowest BCUT2D eigenvalue weighted by Gasteiger charge is -2.32. The molecule has 2 heterocycles. The summed E-state index contributed by atoms with van der Waals surface area (Å²) in [5.74, 6) is 0. The van der Waals surface area contributed by atoms with Gasteiger partial charge in [0.05, 0.1) is 5.52 Å². The molecule has 1 N–H and O–H groups in total. The van der Waals surface area contributed by atoms with Crippen molar-refractivity contribution >= 4 is 34.9 Å². The zero-order chi connectivity index (χ0) is 13.2. The molecule has 0 saturated carbocycles.